The lowest BCUT2D eigenvalue weighted by Crippen LogP contribution is -2.25. The topological polar surface area (TPSA) is 103 Å². The minimum atomic E-state index is -0.665. The molecule has 0 atom stereocenters. The number of benzene rings is 2. The van der Waals surface area contributed by atoms with Crippen molar-refractivity contribution in [3.8, 4) is 5.69 Å². The van der Waals surface area contributed by atoms with E-state index in [1.165, 1.54) is 35.0 Å². The first kappa shape index (κ1) is 15.4. The van der Waals surface area contributed by atoms with Crippen LogP contribution in [-0.4, -0.2) is 16.4 Å². The van der Waals surface area contributed by atoms with E-state index in [2.05, 4.69) is 4.99 Å². The highest BCUT2D eigenvalue weighted by Crippen LogP contribution is 2.18. The van der Waals surface area contributed by atoms with Crippen molar-refractivity contribution in [1.29, 1.82) is 0 Å². The van der Waals surface area contributed by atoms with Gasteiger partial charge in [-0.3, -0.25) is 14.2 Å². The van der Waals surface area contributed by atoms with Crippen LogP contribution in [0.2, 0.25) is 0 Å². The van der Waals surface area contributed by atoms with Crippen molar-refractivity contribution < 1.29 is 9.18 Å². The van der Waals surface area contributed by atoms with Crippen molar-refractivity contribution in [3.05, 3.63) is 76.5 Å². The lowest BCUT2D eigenvalue weighted by Gasteiger charge is -2.10. The summed E-state index contributed by atoms with van der Waals surface area (Å²) in [6.45, 7) is 0. The minimum absolute atomic E-state index is 0.169. The van der Waals surface area contributed by atoms with Crippen LogP contribution in [-0.2, 0) is 0 Å². The number of carbonyl (C=O) groups is 1. The van der Waals surface area contributed by atoms with Gasteiger partial charge in [-0.15, -0.1) is 0 Å². The fraction of sp³-hybridized carbons (Fsp3) is 0. The lowest BCUT2D eigenvalue weighted by atomic mass is 10.1. The summed E-state index contributed by atoms with van der Waals surface area (Å²) >= 11 is 0. The molecular formula is C17H13FN4O2. The Balaban J connectivity index is 2.34. The molecule has 0 aliphatic carbocycles. The number of hydrogen-bond donors (Lipinski definition) is 2. The number of halogens is 1. The van der Waals surface area contributed by atoms with E-state index in [0.717, 1.165) is 0 Å². The molecule has 0 aliphatic heterocycles. The van der Waals surface area contributed by atoms with E-state index in [0.29, 0.717) is 16.5 Å². The Labute approximate surface area is 135 Å². The van der Waals surface area contributed by atoms with Crippen LogP contribution in [0.3, 0.4) is 0 Å². The van der Waals surface area contributed by atoms with Crippen molar-refractivity contribution >= 4 is 22.6 Å². The number of nitrogens with zero attached hydrogens (tertiary/aromatic N) is 2. The van der Waals surface area contributed by atoms with Crippen LogP contribution < -0.4 is 17.0 Å². The summed E-state index contributed by atoms with van der Waals surface area (Å²) in [6.07, 6.45) is 1.35. The summed E-state index contributed by atoms with van der Waals surface area (Å²) < 4.78 is 14.4. The minimum Gasteiger partial charge on any atom is -0.370 e. The zero-order chi connectivity index (χ0) is 17.3. The number of carbonyl (C=O) groups excluding carboxylic acids is 1. The van der Waals surface area contributed by atoms with Gasteiger partial charge in [-0.25, -0.2) is 4.39 Å². The van der Waals surface area contributed by atoms with Crippen molar-refractivity contribution in [2.45, 2.75) is 0 Å². The molecule has 0 bridgehead atoms. The number of pyridine rings is 1. The smallest absolute Gasteiger partial charge is 0.282 e. The molecule has 24 heavy (non-hydrogen) atoms. The molecule has 1 heterocycles. The first-order valence-electron chi connectivity index (χ1n) is 7.01. The van der Waals surface area contributed by atoms with Gasteiger partial charge in [-0.2, -0.15) is 4.99 Å². The summed E-state index contributed by atoms with van der Waals surface area (Å²) in [5.41, 5.74) is 10.8. The van der Waals surface area contributed by atoms with Crippen molar-refractivity contribution in [1.82, 2.24) is 4.57 Å². The quantitative estimate of drug-likeness (QED) is 0.551. The van der Waals surface area contributed by atoms with E-state index >= 15 is 0 Å². The predicted molar refractivity (Wildman–Crippen MR) is 89.6 cm³/mol. The number of aliphatic imine (C=N–C) groups is 1. The average Bonchev–Trinajstić information content (AvgIpc) is 2.56. The molecule has 1 amide bonds. The summed E-state index contributed by atoms with van der Waals surface area (Å²) in [5.74, 6) is -1.46. The van der Waals surface area contributed by atoms with Gasteiger partial charge in [-0.05, 0) is 30.3 Å². The molecule has 4 N–H and O–H groups in total. The van der Waals surface area contributed by atoms with Crippen LogP contribution in [0, 0.1) is 5.82 Å². The molecule has 0 spiro atoms. The van der Waals surface area contributed by atoms with Crippen molar-refractivity contribution in [2.24, 2.45) is 16.5 Å². The number of aromatic nitrogens is 1. The second-order valence-electron chi connectivity index (χ2n) is 5.08. The molecule has 0 radical (unpaired) electrons. The zero-order valence-corrected chi connectivity index (χ0v) is 12.4. The highest BCUT2D eigenvalue weighted by Gasteiger charge is 2.15. The highest BCUT2D eigenvalue weighted by atomic mass is 19.1. The van der Waals surface area contributed by atoms with Gasteiger partial charge in [0.25, 0.3) is 11.5 Å². The van der Waals surface area contributed by atoms with Crippen LogP contribution in [0.15, 0.2) is 64.5 Å². The van der Waals surface area contributed by atoms with Gasteiger partial charge in [0.05, 0.1) is 5.56 Å². The first-order chi connectivity index (χ1) is 11.5. The Bertz CT molecular complexity index is 1020. The fourth-order valence-corrected chi connectivity index (χ4v) is 2.43. The van der Waals surface area contributed by atoms with E-state index in [1.807, 2.05) is 0 Å². The van der Waals surface area contributed by atoms with Crippen LogP contribution in [0.25, 0.3) is 16.5 Å². The van der Waals surface area contributed by atoms with Crippen LogP contribution in [0.5, 0.6) is 0 Å². The second kappa shape index (κ2) is 5.96. The summed E-state index contributed by atoms with van der Waals surface area (Å²) in [4.78, 5) is 28.5. The standard InChI is InChI=1S/C17H13FN4O2/c18-10-5-7-11(8-6-10)22-9-14(15(23)21-17(19)20)12-3-1-2-4-13(12)16(22)24/h1-9H,(H4,19,20,21,23). The molecule has 6 nitrogen and oxygen atoms in total. The number of rotatable bonds is 2. The normalized spacial score (nSPS) is 10.5. The van der Waals surface area contributed by atoms with E-state index in [9.17, 15) is 14.0 Å². The maximum Gasteiger partial charge on any atom is 0.282 e. The molecule has 2 aromatic carbocycles. The number of nitrogens with two attached hydrogens (primary N) is 2. The Morgan fingerprint density at radius 2 is 1.62 bits per heavy atom. The van der Waals surface area contributed by atoms with Crippen molar-refractivity contribution in [2.75, 3.05) is 0 Å². The van der Waals surface area contributed by atoms with E-state index < -0.39 is 11.7 Å². The largest absolute Gasteiger partial charge is 0.370 e. The van der Waals surface area contributed by atoms with Crippen molar-refractivity contribution in [3.63, 3.8) is 0 Å². The summed E-state index contributed by atoms with van der Waals surface area (Å²) in [7, 11) is 0. The third kappa shape index (κ3) is 2.74. The summed E-state index contributed by atoms with van der Waals surface area (Å²) in [6, 6.07) is 12.0. The van der Waals surface area contributed by atoms with Crippen LogP contribution >= 0.6 is 0 Å². The number of hydrogen-bond acceptors (Lipinski definition) is 2. The molecule has 7 heteroatoms. The fourth-order valence-electron chi connectivity index (χ4n) is 2.43. The summed E-state index contributed by atoms with van der Waals surface area (Å²) in [5, 5.41) is 0.773. The Hall–Kier alpha value is -3.48. The Kier molecular flexibility index (Phi) is 3.83. The molecule has 0 saturated carbocycles. The van der Waals surface area contributed by atoms with Crippen LogP contribution in [0.4, 0.5) is 4.39 Å². The molecule has 120 valence electrons. The maximum absolute atomic E-state index is 13.1. The molecule has 0 saturated heterocycles. The number of fused-ring (bicyclic) bond motifs is 1. The first-order valence-corrected chi connectivity index (χ1v) is 7.01. The highest BCUT2D eigenvalue weighted by molar-refractivity contribution is 6.10. The van der Waals surface area contributed by atoms with Gasteiger partial charge in [0.2, 0.25) is 0 Å². The number of amides is 1. The molecule has 0 aliphatic rings. The van der Waals surface area contributed by atoms with Gasteiger partial charge < -0.3 is 11.5 Å². The second-order valence-corrected chi connectivity index (χ2v) is 5.08. The van der Waals surface area contributed by atoms with E-state index in [-0.39, 0.29) is 17.1 Å². The molecular weight excluding hydrogens is 311 g/mol. The van der Waals surface area contributed by atoms with E-state index in [1.54, 1.807) is 24.3 Å². The van der Waals surface area contributed by atoms with Gasteiger partial charge in [0.1, 0.15) is 5.82 Å². The Morgan fingerprint density at radius 1 is 1.00 bits per heavy atom. The van der Waals surface area contributed by atoms with Crippen LogP contribution in [0.1, 0.15) is 10.4 Å². The van der Waals surface area contributed by atoms with Gasteiger partial charge in [0, 0.05) is 22.7 Å². The monoisotopic (exact) mass is 324 g/mol. The van der Waals surface area contributed by atoms with E-state index in [4.69, 9.17) is 11.5 Å². The Morgan fingerprint density at radius 3 is 2.25 bits per heavy atom. The molecule has 3 rings (SSSR count). The molecule has 0 unspecified atom stereocenters. The van der Waals surface area contributed by atoms with Gasteiger partial charge >= 0.3 is 0 Å². The molecule has 3 aromatic rings. The zero-order valence-electron chi connectivity index (χ0n) is 12.4. The SMILES string of the molecule is NC(N)=NC(=O)c1cn(-c2ccc(F)cc2)c(=O)c2ccccc12. The number of guanidine groups is 1. The van der Waals surface area contributed by atoms with Gasteiger partial charge in [0.15, 0.2) is 5.96 Å². The van der Waals surface area contributed by atoms with Gasteiger partial charge in [-0.1, -0.05) is 18.2 Å². The average molecular weight is 324 g/mol. The maximum atomic E-state index is 13.1. The lowest BCUT2D eigenvalue weighted by molar-refractivity contribution is 0.100. The predicted octanol–water partition coefficient (Wildman–Crippen LogP) is 1.54. The third-order valence-electron chi connectivity index (χ3n) is 3.49. The molecule has 1 aromatic heterocycles. The third-order valence-corrected chi connectivity index (χ3v) is 3.49. The molecule has 0 fully saturated rings.